The van der Waals surface area contributed by atoms with Gasteiger partial charge in [0, 0.05) is 10.7 Å². The number of halogens is 1. The van der Waals surface area contributed by atoms with Crippen LogP contribution in [0.2, 0.25) is 0 Å². The van der Waals surface area contributed by atoms with Gasteiger partial charge in [-0.25, -0.2) is 8.42 Å². The van der Waals surface area contributed by atoms with Crippen LogP contribution in [0.15, 0.2) is 18.2 Å². The van der Waals surface area contributed by atoms with Crippen molar-refractivity contribution in [3.8, 4) is 5.75 Å². The first-order valence-electron chi connectivity index (χ1n) is 5.04. The average molecular weight is 263 g/mol. The van der Waals surface area contributed by atoms with E-state index in [9.17, 15) is 8.42 Å². The Morgan fingerprint density at radius 1 is 1.38 bits per heavy atom. The predicted molar refractivity (Wildman–Crippen MR) is 65.7 cm³/mol. The summed E-state index contributed by atoms with van der Waals surface area (Å²) in [4.78, 5) is 0. The van der Waals surface area contributed by atoms with E-state index in [0.717, 1.165) is 17.5 Å². The van der Waals surface area contributed by atoms with E-state index in [4.69, 9.17) is 15.4 Å². The maximum absolute atomic E-state index is 10.9. The van der Waals surface area contributed by atoms with Gasteiger partial charge in [0.1, 0.15) is 5.75 Å². The SMILES string of the molecule is CCc1ccc(OC)c(CCS(=O)(=O)Cl)c1. The van der Waals surface area contributed by atoms with E-state index in [-0.39, 0.29) is 5.75 Å². The van der Waals surface area contributed by atoms with Gasteiger partial charge in [0.2, 0.25) is 9.05 Å². The topological polar surface area (TPSA) is 43.4 Å². The van der Waals surface area contributed by atoms with Gasteiger partial charge in [0.15, 0.2) is 0 Å². The number of aryl methyl sites for hydroxylation is 2. The molecule has 1 aromatic rings. The second kappa shape index (κ2) is 5.55. The van der Waals surface area contributed by atoms with Gasteiger partial charge < -0.3 is 4.74 Å². The van der Waals surface area contributed by atoms with Crippen LogP contribution in [0.1, 0.15) is 18.1 Å². The maximum atomic E-state index is 10.9. The maximum Gasteiger partial charge on any atom is 0.232 e. The van der Waals surface area contributed by atoms with Crippen LogP contribution >= 0.6 is 10.7 Å². The monoisotopic (exact) mass is 262 g/mol. The molecule has 1 rings (SSSR count). The summed E-state index contributed by atoms with van der Waals surface area (Å²) in [5, 5.41) is 0. The molecule has 16 heavy (non-hydrogen) atoms. The summed E-state index contributed by atoms with van der Waals surface area (Å²) in [6.45, 7) is 2.05. The molecule has 0 N–H and O–H groups in total. The molecule has 90 valence electrons. The zero-order valence-electron chi connectivity index (χ0n) is 9.36. The van der Waals surface area contributed by atoms with Crippen LogP contribution < -0.4 is 4.74 Å². The highest BCUT2D eigenvalue weighted by Crippen LogP contribution is 2.21. The van der Waals surface area contributed by atoms with Gasteiger partial charge in [0.25, 0.3) is 0 Å². The van der Waals surface area contributed by atoms with Crippen molar-refractivity contribution in [1.29, 1.82) is 0 Å². The fraction of sp³-hybridized carbons (Fsp3) is 0.455. The van der Waals surface area contributed by atoms with Crippen molar-refractivity contribution in [2.45, 2.75) is 19.8 Å². The molecule has 0 bridgehead atoms. The Morgan fingerprint density at radius 3 is 2.56 bits per heavy atom. The van der Waals surface area contributed by atoms with E-state index in [1.807, 2.05) is 25.1 Å². The molecule has 3 nitrogen and oxygen atoms in total. The van der Waals surface area contributed by atoms with Crippen molar-refractivity contribution >= 4 is 19.7 Å². The molecule has 0 fully saturated rings. The largest absolute Gasteiger partial charge is 0.496 e. The molecule has 0 heterocycles. The second-order valence-corrected chi connectivity index (χ2v) is 6.39. The number of benzene rings is 1. The van der Waals surface area contributed by atoms with Crippen LogP contribution in [0.25, 0.3) is 0 Å². The molecule has 0 aliphatic rings. The quantitative estimate of drug-likeness (QED) is 0.765. The zero-order valence-corrected chi connectivity index (χ0v) is 10.9. The first-order chi connectivity index (χ1) is 7.46. The van der Waals surface area contributed by atoms with Gasteiger partial charge in [-0.2, -0.15) is 0 Å². The smallest absolute Gasteiger partial charge is 0.232 e. The first-order valence-corrected chi connectivity index (χ1v) is 7.52. The number of hydrogen-bond donors (Lipinski definition) is 0. The third-order valence-electron chi connectivity index (χ3n) is 2.37. The minimum atomic E-state index is -3.45. The molecule has 0 aliphatic heterocycles. The number of hydrogen-bond acceptors (Lipinski definition) is 3. The van der Waals surface area contributed by atoms with E-state index >= 15 is 0 Å². The third kappa shape index (κ3) is 4.02. The van der Waals surface area contributed by atoms with Crippen LogP contribution in [0.3, 0.4) is 0 Å². The molecule has 0 atom stereocenters. The lowest BCUT2D eigenvalue weighted by Crippen LogP contribution is -2.03. The Labute approximate surface area is 101 Å². The summed E-state index contributed by atoms with van der Waals surface area (Å²) in [5.74, 6) is 0.635. The highest BCUT2D eigenvalue weighted by atomic mass is 35.7. The fourth-order valence-electron chi connectivity index (χ4n) is 1.48. The number of methoxy groups -OCH3 is 1. The van der Waals surface area contributed by atoms with E-state index in [0.29, 0.717) is 12.2 Å². The van der Waals surface area contributed by atoms with Crippen molar-refractivity contribution in [2.24, 2.45) is 0 Å². The summed E-state index contributed by atoms with van der Waals surface area (Å²) >= 11 is 0. The standard InChI is InChI=1S/C11H15ClO3S/c1-3-9-4-5-11(15-2)10(8-9)6-7-16(12,13)14/h4-5,8H,3,6-7H2,1-2H3. The van der Waals surface area contributed by atoms with Crippen molar-refractivity contribution in [3.05, 3.63) is 29.3 Å². The third-order valence-corrected chi connectivity index (χ3v) is 3.52. The van der Waals surface area contributed by atoms with E-state index < -0.39 is 9.05 Å². The molecule has 0 spiro atoms. The summed E-state index contributed by atoms with van der Waals surface area (Å²) in [5.41, 5.74) is 2.04. The Kier molecular flexibility index (Phi) is 4.62. The fourth-order valence-corrected chi connectivity index (χ4v) is 2.17. The van der Waals surface area contributed by atoms with Gasteiger partial charge in [-0.1, -0.05) is 19.1 Å². The van der Waals surface area contributed by atoms with Crippen molar-refractivity contribution in [3.63, 3.8) is 0 Å². The summed E-state index contributed by atoms with van der Waals surface area (Å²) in [6.07, 6.45) is 1.29. The molecule has 0 radical (unpaired) electrons. The Balaban J connectivity index is 2.91. The molecular weight excluding hydrogens is 248 g/mol. The van der Waals surface area contributed by atoms with Crippen molar-refractivity contribution < 1.29 is 13.2 Å². The Bertz CT molecular complexity index is 454. The molecule has 1 aromatic carbocycles. The normalized spacial score (nSPS) is 11.4. The summed E-state index contributed by atoms with van der Waals surface area (Å²) < 4.78 is 26.9. The van der Waals surface area contributed by atoms with Gasteiger partial charge in [-0.05, 0) is 30.0 Å². The van der Waals surface area contributed by atoms with Gasteiger partial charge in [0.05, 0.1) is 12.9 Å². The lowest BCUT2D eigenvalue weighted by Gasteiger charge is -2.09. The zero-order chi connectivity index (χ0) is 12.2. The van der Waals surface area contributed by atoms with Gasteiger partial charge in [-0.15, -0.1) is 0 Å². The van der Waals surface area contributed by atoms with Crippen LogP contribution in [0, 0.1) is 0 Å². The molecule has 0 aliphatic carbocycles. The number of ether oxygens (including phenoxy) is 1. The first kappa shape index (κ1) is 13.3. The summed E-state index contributed by atoms with van der Waals surface area (Å²) in [6, 6.07) is 5.79. The highest BCUT2D eigenvalue weighted by Gasteiger charge is 2.09. The molecule has 5 heteroatoms. The molecule has 0 amide bonds. The van der Waals surface area contributed by atoms with E-state index in [1.54, 1.807) is 7.11 Å². The Morgan fingerprint density at radius 2 is 2.06 bits per heavy atom. The lowest BCUT2D eigenvalue weighted by molar-refractivity contribution is 0.410. The average Bonchev–Trinajstić information content (AvgIpc) is 2.25. The van der Waals surface area contributed by atoms with E-state index in [2.05, 4.69) is 0 Å². The molecule has 0 saturated carbocycles. The minimum Gasteiger partial charge on any atom is -0.496 e. The highest BCUT2D eigenvalue weighted by molar-refractivity contribution is 8.13. The lowest BCUT2D eigenvalue weighted by atomic mass is 10.1. The van der Waals surface area contributed by atoms with E-state index in [1.165, 1.54) is 0 Å². The predicted octanol–water partition coefficient (Wildman–Crippen LogP) is 2.37. The molecule has 0 saturated heterocycles. The molecular formula is C11H15ClO3S. The number of rotatable bonds is 5. The van der Waals surface area contributed by atoms with Crippen LogP contribution in [-0.4, -0.2) is 21.3 Å². The van der Waals surface area contributed by atoms with Crippen molar-refractivity contribution in [1.82, 2.24) is 0 Å². The van der Waals surface area contributed by atoms with Gasteiger partial charge in [-0.3, -0.25) is 0 Å². The van der Waals surface area contributed by atoms with Crippen LogP contribution in [0.5, 0.6) is 5.75 Å². The Hall–Kier alpha value is -0.740. The second-order valence-electron chi connectivity index (χ2n) is 3.49. The van der Waals surface area contributed by atoms with Gasteiger partial charge >= 0.3 is 0 Å². The molecule has 0 unspecified atom stereocenters. The minimum absolute atomic E-state index is 0.0713. The summed E-state index contributed by atoms with van der Waals surface area (Å²) in [7, 11) is 3.30. The molecule has 0 aromatic heterocycles. The van der Waals surface area contributed by atoms with Crippen molar-refractivity contribution in [2.75, 3.05) is 12.9 Å². The van der Waals surface area contributed by atoms with Crippen LogP contribution in [-0.2, 0) is 21.9 Å². The van der Waals surface area contributed by atoms with Crippen LogP contribution in [0.4, 0.5) is 0 Å².